The van der Waals surface area contributed by atoms with Gasteiger partial charge in [0.2, 0.25) is 0 Å². The third-order valence-electron chi connectivity index (χ3n) is 6.61. The molecular formula is C27H28ClN3S. The standard InChI is InChI=1S/C27H28ClN3S/c1-5-24-20(15-29)13-23(14-25(24)28)27(2,3)22-8-6-18(7-9-22)21-12-19-10-11-31(32-4)17-26(19)30-16-21/h6-9,12-14,16H,5,10-11,17H2,1-4H3. The molecule has 0 aliphatic carbocycles. The van der Waals surface area contributed by atoms with Crippen molar-refractivity contribution in [2.24, 2.45) is 0 Å². The van der Waals surface area contributed by atoms with Crippen molar-refractivity contribution in [1.29, 1.82) is 5.26 Å². The fraction of sp³-hybridized carbons (Fsp3) is 0.333. The van der Waals surface area contributed by atoms with Crippen molar-refractivity contribution in [2.75, 3.05) is 12.8 Å². The van der Waals surface area contributed by atoms with E-state index in [-0.39, 0.29) is 5.41 Å². The third kappa shape index (κ3) is 4.30. The first kappa shape index (κ1) is 22.9. The Bertz CT molecular complexity index is 1180. The Hall–Kier alpha value is -2.32. The maximum atomic E-state index is 9.59. The number of halogens is 1. The summed E-state index contributed by atoms with van der Waals surface area (Å²) in [5.74, 6) is 0. The number of benzene rings is 2. The summed E-state index contributed by atoms with van der Waals surface area (Å²) in [4.78, 5) is 4.76. The number of nitrogens with zero attached hydrogens (tertiary/aromatic N) is 3. The Morgan fingerprint density at radius 2 is 1.88 bits per heavy atom. The number of hydrogen-bond acceptors (Lipinski definition) is 4. The van der Waals surface area contributed by atoms with Crippen LogP contribution in [-0.4, -0.2) is 22.1 Å². The van der Waals surface area contributed by atoms with Crippen LogP contribution in [0.1, 0.15) is 54.3 Å². The first-order valence-corrected chi connectivity index (χ1v) is 12.5. The first-order valence-electron chi connectivity index (χ1n) is 11.0. The Kier molecular flexibility index (Phi) is 6.62. The van der Waals surface area contributed by atoms with Gasteiger partial charge in [-0.2, -0.15) is 5.26 Å². The van der Waals surface area contributed by atoms with Gasteiger partial charge in [-0.3, -0.25) is 4.98 Å². The second kappa shape index (κ2) is 9.27. The smallest absolute Gasteiger partial charge is 0.0995 e. The number of rotatable bonds is 5. The van der Waals surface area contributed by atoms with E-state index in [1.54, 1.807) is 11.9 Å². The maximum Gasteiger partial charge on any atom is 0.0995 e. The minimum absolute atomic E-state index is 0.268. The second-order valence-electron chi connectivity index (χ2n) is 8.78. The van der Waals surface area contributed by atoms with E-state index >= 15 is 0 Å². The molecule has 2 aromatic carbocycles. The van der Waals surface area contributed by atoms with E-state index in [2.05, 4.69) is 60.8 Å². The summed E-state index contributed by atoms with van der Waals surface area (Å²) < 4.78 is 2.35. The lowest BCUT2D eigenvalue weighted by molar-refractivity contribution is 0.437. The summed E-state index contributed by atoms with van der Waals surface area (Å²) in [6.07, 6.45) is 5.90. The largest absolute Gasteiger partial charge is 0.259 e. The molecule has 5 heteroatoms. The average Bonchev–Trinajstić information content (AvgIpc) is 2.82. The zero-order chi connectivity index (χ0) is 22.9. The molecule has 0 N–H and O–H groups in total. The molecule has 3 aromatic rings. The van der Waals surface area contributed by atoms with Crippen LogP contribution in [0.4, 0.5) is 0 Å². The topological polar surface area (TPSA) is 39.9 Å². The summed E-state index contributed by atoms with van der Waals surface area (Å²) in [6.45, 7) is 8.36. The minimum Gasteiger partial charge on any atom is -0.259 e. The van der Waals surface area contributed by atoms with E-state index in [0.29, 0.717) is 10.6 Å². The van der Waals surface area contributed by atoms with Crippen LogP contribution >= 0.6 is 23.5 Å². The predicted molar refractivity (Wildman–Crippen MR) is 135 cm³/mol. The molecule has 0 bridgehead atoms. The van der Waals surface area contributed by atoms with Crippen LogP contribution in [0.15, 0.2) is 48.7 Å². The van der Waals surface area contributed by atoms with Crippen LogP contribution in [0.3, 0.4) is 0 Å². The SMILES string of the molecule is CCc1c(Cl)cc(C(C)(C)c2ccc(-c3cnc4c(c3)CCN(SC)C4)cc2)cc1C#N. The molecule has 0 saturated carbocycles. The van der Waals surface area contributed by atoms with Crippen molar-refractivity contribution in [2.45, 2.75) is 45.6 Å². The fourth-order valence-corrected chi connectivity index (χ4v) is 5.28. The lowest BCUT2D eigenvalue weighted by Crippen LogP contribution is -2.25. The van der Waals surface area contributed by atoms with Crippen molar-refractivity contribution >= 4 is 23.5 Å². The van der Waals surface area contributed by atoms with Crippen LogP contribution in [-0.2, 0) is 24.8 Å². The van der Waals surface area contributed by atoms with E-state index in [0.717, 1.165) is 42.6 Å². The molecule has 32 heavy (non-hydrogen) atoms. The zero-order valence-electron chi connectivity index (χ0n) is 19.1. The van der Waals surface area contributed by atoms with Gasteiger partial charge in [0, 0.05) is 28.7 Å². The summed E-state index contributed by atoms with van der Waals surface area (Å²) in [7, 11) is 0. The normalized spacial score (nSPS) is 14.1. The molecule has 1 aliphatic rings. The van der Waals surface area contributed by atoms with Crippen molar-refractivity contribution in [3.8, 4) is 17.2 Å². The number of pyridine rings is 1. The Morgan fingerprint density at radius 1 is 1.12 bits per heavy atom. The van der Waals surface area contributed by atoms with Gasteiger partial charge in [-0.1, -0.05) is 68.6 Å². The molecule has 3 nitrogen and oxygen atoms in total. The van der Waals surface area contributed by atoms with E-state index < -0.39 is 0 Å². The highest BCUT2D eigenvalue weighted by Gasteiger charge is 2.25. The van der Waals surface area contributed by atoms with E-state index in [1.807, 2.05) is 25.3 Å². The second-order valence-corrected chi connectivity index (χ2v) is 10.1. The van der Waals surface area contributed by atoms with Crippen molar-refractivity contribution in [1.82, 2.24) is 9.29 Å². The third-order valence-corrected chi connectivity index (χ3v) is 7.77. The molecule has 0 unspecified atom stereocenters. The first-order chi connectivity index (χ1) is 15.4. The zero-order valence-corrected chi connectivity index (χ0v) is 20.6. The highest BCUT2D eigenvalue weighted by atomic mass is 35.5. The molecule has 1 aliphatic heterocycles. The molecule has 2 heterocycles. The molecule has 0 atom stereocenters. The van der Waals surface area contributed by atoms with Gasteiger partial charge in [0.15, 0.2) is 0 Å². The fourth-order valence-electron chi connectivity index (χ4n) is 4.40. The van der Waals surface area contributed by atoms with Crippen LogP contribution < -0.4 is 0 Å². The number of hydrogen-bond donors (Lipinski definition) is 0. The molecule has 0 fully saturated rings. The molecule has 0 radical (unpaired) electrons. The van der Waals surface area contributed by atoms with Gasteiger partial charge in [-0.15, -0.1) is 0 Å². The number of fused-ring (bicyclic) bond motifs is 1. The Balaban J connectivity index is 1.63. The van der Waals surface area contributed by atoms with Gasteiger partial charge in [-0.05, 0) is 65.1 Å². The van der Waals surface area contributed by atoms with Crippen LogP contribution in [0, 0.1) is 11.3 Å². The molecule has 1 aromatic heterocycles. The summed E-state index contributed by atoms with van der Waals surface area (Å²) >= 11 is 8.31. The molecular weight excluding hydrogens is 434 g/mol. The number of aromatic nitrogens is 1. The molecule has 0 amide bonds. The predicted octanol–water partition coefficient (Wildman–Crippen LogP) is 6.80. The van der Waals surface area contributed by atoms with Gasteiger partial charge in [0.05, 0.1) is 23.9 Å². The lowest BCUT2D eigenvalue weighted by atomic mass is 9.77. The van der Waals surface area contributed by atoms with Crippen molar-refractivity contribution < 1.29 is 0 Å². The lowest BCUT2D eigenvalue weighted by Gasteiger charge is -2.28. The summed E-state index contributed by atoms with van der Waals surface area (Å²) in [5.41, 5.74) is 8.43. The van der Waals surface area contributed by atoms with Gasteiger partial charge in [0.25, 0.3) is 0 Å². The van der Waals surface area contributed by atoms with Gasteiger partial charge < -0.3 is 0 Å². The molecule has 0 spiro atoms. The minimum atomic E-state index is -0.268. The van der Waals surface area contributed by atoms with Gasteiger partial charge in [-0.25, -0.2) is 4.31 Å². The van der Waals surface area contributed by atoms with Gasteiger partial charge >= 0.3 is 0 Å². The van der Waals surface area contributed by atoms with Crippen molar-refractivity contribution in [3.05, 3.63) is 87.2 Å². The van der Waals surface area contributed by atoms with Gasteiger partial charge in [0.1, 0.15) is 0 Å². The van der Waals surface area contributed by atoms with Crippen LogP contribution in [0.5, 0.6) is 0 Å². The molecule has 164 valence electrons. The number of nitriles is 1. The summed E-state index contributed by atoms with van der Waals surface area (Å²) in [5, 5.41) is 10.3. The van der Waals surface area contributed by atoms with E-state index in [1.165, 1.54) is 22.4 Å². The van der Waals surface area contributed by atoms with Crippen LogP contribution in [0.2, 0.25) is 5.02 Å². The quantitative estimate of drug-likeness (QED) is 0.392. The van der Waals surface area contributed by atoms with Crippen LogP contribution in [0.25, 0.3) is 11.1 Å². The Labute approximate surface area is 200 Å². The summed E-state index contributed by atoms with van der Waals surface area (Å²) in [6, 6.07) is 17.3. The highest BCUT2D eigenvalue weighted by Crippen LogP contribution is 2.36. The Morgan fingerprint density at radius 3 is 2.53 bits per heavy atom. The maximum absolute atomic E-state index is 9.59. The highest BCUT2D eigenvalue weighted by molar-refractivity contribution is 7.96. The molecule has 0 saturated heterocycles. The van der Waals surface area contributed by atoms with E-state index in [9.17, 15) is 5.26 Å². The monoisotopic (exact) mass is 461 g/mol. The molecule has 4 rings (SSSR count). The van der Waals surface area contributed by atoms with Crippen molar-refractivity contribution in [3.63, 3.8) is 0 Å². The van der Waals surface area contributed by atoms with E-state index in [4.69, 9.17) is 16.6 Å². The average molecular weight is 462 g/mol.